The van der Waals surface area contributed by atoms with Crippen LogP contribution in [0.5, 0.6) is 0 Å². The Morgan fingerprint density at radius 2 is 2.27 bits per heavy atom. The summed E-state index contributed by atoms with van der Waals surface area (Å²) in [6, 6.07) is 0.696. The molecule has 0 bridgehead atoms. The van der Waals surface area contributed by atoms with Gasteiger partial charge in [-0.25, -0.2) is 0 Å². The Labute approximate surface area is 91.0 Å². The Hall–Kier alpha value is -0.890. The Morgan fingerprint density at radius 3 is 3.20 bits per heavy atom. The van der Waals surface area contributed by atoms with Gasteiger partial charge in [0.1, 0.15) is 0 Å². The van der Waals surface area contributed by atoms with Crippen molar-refractivity contribution in [2.45, 2.75) is 44.2 Å². The van der Waals surface area contributed by atoms with Gasteiger partial charge in [0.2, 0.25) is 0 Å². The van der Waals surface area contributed by atoms with Crippen molar-refractivity contribution in [2.24, 2.45) is 16.6 Å². The molecule has 0 amide bonds. The molecule has 3 unspecified atom stereocenters. The maximum absolute atomic E-state index is 6.16. The number of fused-ring (bicyclic) bond motifs is 2. The van der Waals surface area contributed by atoms with E-state index in [4.69, 9.17) is 10.7 Å². The lowest BCUT2D eigenvalue weighted by Crippen LogP contribution is -2.45. The van der Waals surface area contributed by atoms with E-state index in [2.05, 4.69) is 18.2 Å². The van der Waals surface area contributed by atoms with E-state index in [9.17, 15) is 0 Å². The van der Waals surface area contributed by atoms with Gasteiger partial charge in [0, 0.05) is 6.04 Å². The van der Waals surface area contributed by atoms with E-state index in [0.717, 1.165) is 18.8 Å². The predicted molar refractivity (Wildman–Crippen MR) is 63.0 cm³/mol. The van der Waals surface area contributed by atoms with Gasteiger partial charge < -0.3 is 5.73 Å². The molecule has 0 spiro atoms. The number of nitrogens with zero attached hydrogens (tertiary/aromatic N) is 1. The third-order valence-corrected chi connectivity index (χ3v) is 3.91. The van der Waals surface area contributed by atoms with E-state index >= 15 is 0 Å². The number of rotatable bonds is 0. The van der Waals surface area contributed by atoms with Crippen molar-refractivity contribution >= 4 is 5.71 Å². The fraction of sp³-hybridized carbons (Fsp3) is 0.615. The van der Waals surface area contributed by atoms with Crippen LogP contribution in [0.4, 0.5) is 0 Å². The second-order valence-electron chi connectivity index (χ2n) is 4.93. The van der Waals surface area contributed by atoms with Crippen molar-refractivity contribution < 1.29 is 0 Å². The maximum Gasteiger partial charge on any atom is 0.0688 e. The summed E-state index contributed by atoms with van der Waals surface area (Å²) >= 11 is 0. The van der Waals surface area contributed by atoms with Crippen LogP contribution in [0.15, 0.2) is 28.8 Å². The van der Waals surface area contributed by atoms with Gasteiger partial charge in [-0.3, -0.25) is 4.99 Å². The quantitative estimate of drug-likeness (QED) is 0.642. The molecule has 1 heterocycles. The van der Waals surface area contributed by atoms with Crippen molar-refractivity contribution in [3.8, 4) is 0 Å². The molecule has 0 radical (unpaired) electrons. The van der Waals surface area contributed by atoms with E-state index in [1.165, 1.54) is 30.5 Å². The van der Waals surface area contributed by atoms with Gasteiger partial charge in [-0.15, -0.1) is 0 Å². The first-order valence-electron chi connectivity index (χ1n) is 6.04. The lowest BCUT2D eigenvalue weighted by atomic mass is 9.75. The Kier molecular flexibility index (Phi) is 2.24. The minimum absolute atomic E-state index is 0.299. The summed E-state index contributed by atoms with van der Waals surface area (Å²) in [4.78, 5) is 4.84. The summed E-state index contributed by atoms with van der Waals surface area (Å²) in [7, 11) is 0. The van der Waals surface area contributed by atoms with E-state index in [1.807, 2.05) is 0 Å². The van der Waals surface area contributed by atoms with Crippen LogP contribution < -0.4 is 5.73 Å². The predicted octanol–water partition coefficient (Wildman–Crippen LogP) is 2.21. The summed E-state index contributed by atoms with van der Waals surface area (Å²) in [5, 5.41) is 0. The molecule has 80 valence electrons. The highest BCUT2D eigenvalue weighted by Crippen LogP contribution is 2.36. The minimum Gasteiger partial charge on any atom is -0.326 e. The van der Waals surface area contributed by atoms with Crippen molar-refractivity contribution in [2.75, 3.05) is 0 Å². The minimum atomic E-state index is 0.299. The fourth-order valence-corrected chi connectivity index (χ4v) is 3.09. The van der Waals surface area contributed by atoms with E-state index < -0.39 is 0 Å². The van der Waals surface area contributed by atoms with E-state index in [0.29, 0.717) is 12.1 Å². The maximum atomic E-state index is 6.16. The van der Waals surface area contributed by atoms with Crippen LogP contribution in [0.2, 0.25) is 0 Å². The van der Waals surface area contributed by atoms with Gasteiger partial charge in [0.05, 0.1) is 11.8 Å². The van der Waals surface area contributed by atoms with Gasteiger partial charge in [-0.1, -0.05) is 18.6 Å². The molecule has 2 aliphatic carbocycles. The molecular formula is C13H18N2. The van der Waals surface area contributed by atoms with Crippen LogP contribution in [0.25, 0.3) is 0 Å². The second-order valence-corrected chi connectivity index (χ2v) is 4.93. The zero-order valence-electron chi connectivity index (χ0n) is 9.02. The molecule has 2 nitrogen and oxygen atoms in total. The molecule has 0 aromatic carbocycles. The summed E-state index contributed by atoms with van der Waals surface area (Å²) in [6.45, 7) is 0. The Bertz CT molecular complexity index is 352. The summed E-state index contributed by atoms with van der Waals surface area (Å²) in [5.74, 6) is 0.718. The monoisotopic (exact) mass is 202 g/mol. The van der Waals surface area contributed by atoms with Crippen molar-refractivity contribution in [1.29, 1.82) is 0 Å². The number of allylic oxidation sites excluding steroid dienone is 4. The van der Waals surface area contributed by atoms with Crippen molar-refractivity contribution in [1.82, 2.24) is 0 Å². The molecule has 0 aromatic rings. The standard InChI is InChI=1S/C13H18N2/c14-11-6-3-5-10-8-9-4-1-2-7-12(9)15-13(10)11/h2,4,7,10-11,13H,1,3,5-6,8,14H2. The lowest BCUT2D eigenvalue weighted by molar-refractivity contribution is 0.269. The molecule has 1 fully saturated rings. The summed E-state index contributed by atoms with van der Waals surface area (Å²) in [6.07, 6.45) is 12.7. The molecule has 0 saturated heterocycles. The largest absolute Gasteiger partial charge is 0.326 e. The highest BCUT2D eigenvalue weighted by molar-refractivity contribution is 6.09. The molecule has 3 aliphatic rings. The smallest absolute Gasteiger partial charge is 0.0688 e. The fourth-order valence-electron chi connectivity index (χ4n) is 3.09. The molecule has 3 rings (SSSR count). The molecule has 1 saturated carbocycles. The molecule has 2 N–H and O–H groups in total. The van der Waals surface area contributed by atoms with Crippen LogP contribution in [0, 0.1) is 5.92 Å². The Balaban J connectivity index is 1.94. The third kappa shape index (κ3) is 1.57. The zero-order chi connectivity index (χ0) is 10.3. The number of hydrogen-bond donors (Lipinski definition) is 1. The van der Waals surface area contributed by atoms with Crippen LogP contribution in [0.1, 0.15) is 32.1 Å². The van der Waals surface area contributed by atoms with Crippen LogP contribution in [-0.2, 0) is 0 Å². The van der Waals surface area contributed by atoms with Crippen LogP contribution >= 0.6 is 0 Å². The van der Waals surface area contributed by atoms with Crippen molar-refractivity contribution in [3.05, 3.63) is 23.8 Å². The average Bonchev–Trinajstić information content (AvgIpc) is 2.27. The normalized spacial score (nSPS) is 38.9. The topological polar surface area (TPSA) is 38.4 Å². The summed E-state index contributed by atoms with van der Waals surface area (Å²) in [5.41, 5.74) is 8.83. The first-order valence-corrected chi connectivity index (χ1v) is 6.04. The SMILES string of the molecule is NC1CCCC2CC3=CCC=CC3=NC12. The molecule has 1 aliphatic heterocycles. The zero-order valence-corrected chi connectivity index (χ0v) is 9.02. The van der Waals surface area contributed by atoms with Gasteiger partial charge in [-0.05, 0) is 43.3 Å². The summed E-state index contributed by atoms with van der Waals surface area (Å²) < 4.78 is 0. The highest BCUT2D eigenvalue weighted by atomic mass is 14.9. The van der Waals surface area contributed by atoms with E-state index in [1.54, 1.807) is 0 Å². The Morgan fingerprint density at radius 1 is 1.33 bits per heavy atom. The number of hydrogen-bond acceptors (Lipinski definition) is 2. The first-order chi connectivity index (χ1) is 7.34. The van der Waals surface area contributed by atoms with E-state index in [-0.39, 0.29) is 0 Å². The molecule has 0 aromatic heterocycles. The number of aliphatic imine (C=N–C) groups is 1. The molecule has 3 atom stereocenters. The average molecular weight is 202 g/mol. The molecule has 15 heavy (non-hydrogen) atoms. The van der Waals surface area contributed by atoms with Crippen molar-refractivity contribution in [3.63, 3.8) is 0 Å². The molecule has 2 heteroatoms. The van der Waals surface area contributed by atoms with Gasteiger partial charge in [0.25, 0.3) is 0 Å². The number of nitrogens with two attached hydrogens (primary N) is 1. The lowest BCUT2D eigenvalue weighted by Gasteiger charge is -2.38. The first kappa shape index (κ1) is 9.34. The third-order valence-electron chi connectivity index (χ3n) is 3.91. The highest BCUT2D eigenvalue weighted by Gasteiger charge is 2.35. The van der Waals surface area contributed by atoms with Crippen LogP contribution in [-0.4, -0.2) is 17.8 Å². The molecular weight excluding hydrogens is 184 g/mol. The van der Waals surface area contributed by atoms with Gasteiger partial charge >= 0.3 is 0 Å². The van der Waals surface area contributed by atoms with Crippen LogP contribution in [0.3, 0.4) is 0 Å². The second kappa shape index (κ2) is 3.60. The van der Waals surface area contributed by atoms with Gasteiger partial charge in [-0.2, -0.15) is 0 Å². The van der Waals surface area contributed by atoms with Gasteiger partial charge in [0.15, 0.2) is 0 Å².